The second kappa shape index (κ2) is 10.4. The summed E-state index contributed by atoms with van der Waals surface area (Å²) >= 11 is 5.91. The van der Waals surface area contributed by atoms with E-state index in [9.17, 15) is 21.6 Å². The molecule has 0 saturated carbocycles. The minimum atomic E-state index is -4.67. The first-order chi connectivity index (χ1) is 15.1. The van der Waals surface area contributed by atoms with Crippen LogP contribution in [0.15, 0.2) is 47.4 Å². The van der Waals surface area contributed by atoms with Crippen LogP contribution in [0.1, 0.15) is 24.0 Å². The maximum absolute atomic E-state index is 13.0. The van der Waals surface area contributed by atoms with Crippen LogP contribution in [-0.4, -0.2) is 50.8 Å². The van der Waals surface area contributed by atoms with Crippen molar-refractivity contribution < 1.29 is 31.4 Å². The van der Waals surface area contributed by atoms with Crippen LogP contribution in [-0.2, 0) is 22.7 Å². The van der Waals surface area contributed by atoms with E-state index in [0.29, 0.717) is 31.3 Å². The molecular weight excluding hydrogens is 469 g/mol. The molecule has 1 aliphatic rings. The number of likely N-dealkylation sites (tertiary alicyclic amines) is 1. The van der Waals surface area contributed by atoms with Crippen LogP contribution >= 0.6 is 11.6 Å². The van der Waals surface area contributed by atoms with Crippen molar-refractivity contribution in [3.8, 4) is 5.75 Å². The SMILES string of the molecule is O=S(=O)(N[C@@H]1CCCN(Cc2ccc(OCCO)cc2)C1)c1cc(C(F)(F)F)ccc1Cl. The van der Waals surface area contributed by atoms with E-state index < -0.39 is 32.7 Å². The summed E-state index contributed by atoms with van der Waals surface area (Å²) in [7, 11) is -4.23. The number of alkyl halides is 3. The molecule has 32 heavy (non-hydrogen) atoms. The van der Waals surface area contributed by atoms with Crippen LogP contribution in [0.3, 0.4) is 0 Å². The first kappa shape index (κ1) is 24.8. The van der Waals surface area contributed by atoms with E-state index in [-0.39, 0.29) is 18.2 Å². The fourth-order valence-corrected chi connectivity index (χ4v) is 5.36. The highest BCUT2D eigenvalue weighted by Gasteiger charge is 2.33. The maximum atomic E-state index is 13.0. The fraction of sp³-hybridized carbons (Fsp3) is 0.429. The average Bonchev–Trinajstić information content (AvgIpc) is 2.72. The van der Waals surface area contributed by atoms with Gasteiger partial charge in [0, 0.05) is 19.1 Å². The molecule has 2 N–H and O–H groups in total. The van der Waals surface area contributed by atoms with Gasteiger partial charge in [0.15, 0.2) is 0 Å². The van der Waals surface area contributed by atoms with Crippen molar-refractivity contribution in [2.75, 3.05) is 26.3 Å². The third-order valence-corrected chi connectivity index (χ3v) is 7.07. The summed E-state index contributed by atoms with van der Waals surface area (Å²) in [6.45, 7) is 1.91. The Bertz CT molecular complexity index is 1020. The molecule has 3 rings (SSSR count). The summed E-state index contributed by atoms with van der Waals surface area (Å²) in [5.74, 6) is 0.644. The summed E-state index contributed by atoms with van der Waals surface area (Å²) < 4.78 is 72.4. The highest BCUT2D eigenvalue weighted by atomic mass is 35.5. The largest absolute Gasteiger partial charge is 0.491 e. The van der Waals surface area contributed by atoms with Gasteiger partial charge in [0.05, 0.1) is 17.2 Å². The van der Waals surface area contributed by atoms with Crippen LogP contribution in [0.2, 0.25) is 5.02 Å². The van der Waals surface area contributed by atoms with Gasteiger partial charge in [-0.1, -0.05) is 23.7 Å². The molecule has 176 valence electrons. The number of sulfonamides is 1. The number of hydrogen-bond acceptors (Lipinski definition) is 5. The van der Waals surface area contributed by atoms with Gasteiger partial charge in [-0.3, -0.25) is 4.90 Å². The summed E-state index contributed by atoms with van der Waals surface area (Å²) in [5.41, 5.74) is -0.0651. The molecule has 1 heterocycles. The van der Waals surface area contributed by atoms with Crippen molar-refractivity contribution >= 4 is 21.6 Å². The molecule has 0 spiro atoms. The van der Waals surface area contributed by atoms with Crippen LogP contribution in [0.25, 0.3) is 0 Å². The van der Waals surface area contributed by atoms with Gasteiger partial charge >= 0.3 is 6.18 Å². The summed E-state index contributed by atoms with van der Waals surface area (Å²) in [5, 5.41) is 8.54. The van der Waals surface area contributed by atoms with Crippen molar-refractivity contribution in [1.82, 2.24) is 9.62 Å². The molecule has 1 saturated heterocycles. The van der Waals surface area contributed by atoms with Crippen molar-refractivity contribution in [1.29, 1.82) is 0 Å². The maximum Gasteiger partial charge on any atom is 0.416 e. The lowest BCUT2D eigenvalue weighted by Crippen LogP contribution is -2.47. The molecule has 0 unspecified atom stereocenters. The van der Waals surface area contributed by atoms with Crippen LogP contribution in [0, 0.1) is 0 Å². The zero-order valence-corrected chi connectivity index (χ0v) is 18.7. The Morgan fingerprint density at radius 3 is 2.56 bits per heavy atom. The molecule has 2 aromatic rings. The Kier molecular flexibility index (Phi) is 8.05. The fourth-order valence-electron chi connectivity index (χ4n) is 3.58. The lowest BCUT2D eigenvalue weighted by atomic mass is 10.1. The molecule has 11 heteroatoms. The normalized spacial score (nSPS) is 18.0. The summed E-state index contributed by atoms with van der Waals surface area (Å²) in [6.07, 6.45) is -3.36. The molecular formula is C21H24ClF3N2O4S. The highest BCUT2D eigenvalue weighted by molar-refractivity contribution is 7.89. The minimum absolute atomic E-state index is 0.0709. The van der Waals surface area contributed by atoms with E-state index in [4.69, 9.17) is 21.4 Å². The number of aliphatic hydroxyl groups is 1. The van der Waals surface area contributed by atoms with E-state index in [2.05, 4.69) is 9.62 Å². The number of nitrogens with zero attached hydrogens (tertiary/aromatic N) is 1. The monoisotopic (exact) mass is 492 g/mol. The first-order valence-electron chi connectivity index (χ1n) is 10.0. The van der Waals surface area contributed by atoms with Crippen molar-refractivity contribution in [3.05, 3.63) is 58.6 Å². The van der Waals surface area contributed by atoms with Gasteiger partial charge in [-0.15, -0.1) is 0 Å². The smallest absolute Gasteiger partial charge is 0.416 e. The van der Waals surface area contributed by atoms with E-state index in [0.717, 1.165) is 30.7 Å². The number of aliphatic hydroxyl groups excluding tert-OH is 1. The Morgan fingerprint density at radius 1 is 1.19 bits per heavy atom. The second-order valence-electron chi connectivity index (χ2n) is 7.55. The summed E-state index contributed by atoms with van der Waals surface area (Å²) in [6, 6.07) is 9.18. The molecule has 0 radical (unpaired) electrons. The van der Waals surface area contributed by atoms with E-state index >= 15 is 0 Å². The van der Waals surface area contributed by atoms with E-state index in [1.54, 1.807) is 12.1 Å². The Labute approximate surface area is 190 Å². The average molecular weight is 493 g/mol. The van der Waals surface area contributed by atoms with Gasteiger partial charge in [-0.25, -0.2) is 13.1 Å². The molecule has 6 nitrogen and oxygen atoms in total. The lowest BCUT2D eigenvalue weighted by molar-refractivity contribution is -0.137. The second-order valence-corrected chi connectivity index (χ2v) is 9.64. The predicted molar refractivity (Wildman–Crippen MR) is 114 cm³/mol. The number of ether oxygens (including phenoxy) is 1. The number of nitrogens with one attached hydrogen (secondary N) is 1. The number of hydrogen-bond donors (Lipinski definition) is 2. The third-order valence-electron chi connectivity index (χ3n) is 5.06. The van der Waals surface area contributed by atoms with Gasteiger partial charge in [0.2, 0.25) is 10.0 Å². The number of halogens is 4. The topological polar surface area (TPSA) is 78.9 Å². The molecule has 1 atom stereocenters. The zero-order chi connectivity index (χ0) is 23.4. The molecule has 2 aromatic carbocycles. The summed E-state index contributed by atoms with van der Waals surface area (Å²) in [4.78, 5) is 1.50. The van der Waals surface area contributed by atoms with Crippen LogP contribution < -0.4 is 9.46 Å². The van der Waals surface area contributed by atoms with Crippen LogP contribution in [0.5, 0.6) is 5.75 Å². The van der Waals surface area contributed by atoms with Crippen molar-refractivity contribution in [2.45, 2.75) is 36.5 Å². The van der Waals surface area contributed by atoms with E-state index in [1.807, 2.05) is 12.1 Å². The standard InChI is InChI=1S/C21H24ClF3N2O4S/c22-19-8-5-16(21(23,24)25)12-20(19)32(29,30)26-17-2-1-9-27(14-17)13-15-3-6-18(7-4-15)31-11-10-28/h3-8,12,17,26,28H,1-2,9-11,13-14H2/t17-/m1/s1. The van der Waals surface area contributed by atoms with Crippen molar-refractivity contribution in [3.63, 3.8) is 0 Å². The molecule has 0 amide bonds. The Hall–Kier alpha value is -1.85. The zero-order valence-electron chi connectivity index (χ0n) is 17.1. The predicted octanol–water partition coefficient (Wildman–Crippen LogP) is 3.67. The van der Waals surface area contributed by atoms with Gasteiger partial charge < -0.3 is 9.84 Å². The Morgan fingerprint density at radius 2 is 1.91 bits per heavy atom. The third kappa shape index (κ3) is 6.58. The minimum Gasteiger partial charge on any atom is -0.491 e. The number of benzene rings is 2. The Balaban J connectivity index is 1.65. The molecule has 1 fully saturated rings. The molecule has 0 aromatic heterocycles. The number of rotatable bonds is 8. The molecule has 0 bridgehead atoms. The van der Waals surface area contributed by atoms with Gasteiger partial charge in [-0.2, -0.15) is 13.2 Å². The molecule has 1 aliphatic heterocycles. The first-order valence-corrected chi connectivity index (χ1v) is 11.9. The quantitative estimate of drug-likeness (QED) is 0.588. The number of piperidine rings is 1. The lowest BCUT2D eigenvalue weighted by Gasteiger charge is -2.33. The van der Waals surface area contributed by atoms with Gasteiger partial charge in [0.25, 0.3) is 0 Å². The van der Waals surface area contributed by atoms with Crippen molar-refractivity contribution in [2.24, 2.45) is 0 Å². The van der Waals surface area contributed by atoms with E-state index in [1.165, 1.54) is 0 Å². The van der Waals surface area contributed by atoms with Gasteiger partial charge in [0.1, 0.15) is 17.3 Å². The van der Waals surface area contributed by atoms with Crippen LogP contribution in [0.4, 0.5) is 13.2 Å². The molecule has 0 aliphatic carbocycles. The van der Waals surface area contributed by atoms with Gasteiger partial charge in [-0.05, 0) is 55.3 Å². The highest BCUT2D eigenvalue weighted by Crippen LogP contribution is 2.33.